The smallest absolute Gasteiger partial charge is 0.472 e. The van der Waals surface area contributed by atoms with Crippen LogP contribution in [0.3, 0.4) is 0 Å². The van der Waals surface area contributed by atoms with Crippen LogP contribution in [-0.2, 0) is 20.4 Å². The Morgan fingerprint density at radius 1 is 1.14 bits per heavy atom. The molecular weight excluding hydrogens is 385 g/mol. The number of phosphoric ester groups is 1. The summed E-state index contributed by atoms with van der Waals surface area (Å²) >= 11 is 0. The fourth-order valence-electron chi connectivity index (χ4n) is 2.58. The third-order valence-electron chi connectivity index (χ3n) is 4.09. The SMILES string of the molecule is COc1cc(CNC(=O)CCCCCCC(C)C)ccc1OCOP(=O)(O)O. The lowest BCUT2D eigenvalue weighted by atomic mass is 10.0. The first kappa shape index (κ1) is 24.4. The van der Waals surface area contributed by atoms with E-state index in [4.69, 9.17) is 19.3 Å². The highest BCUT2D eigenvalue weighted by Crippen LogP contribution is 2.36. The van der Waals surface area contributed by atoms with Crippen LogP contribution in [0.4, 0.5) is 0 Å². The van der Waals surface area contributed by atoms with Crippen LogP contribution in [0, 0.1) is 5.92 Å². The maximum atomic E-state index is 12.0. The van der Waals surface area contributed by atoms with Crippen molar-refractivity contribution in [3.8, 4) is 11.5 Å². The molecule has 0 unspecified atom stereocenters. The van der Waals surface area contributed by atoms with Crippen LogP contribution in [-0.4, -0.2) is 29.6 Å². The molecular formula is C19H32NO7P. The molecule has 8 nitrogen and oxygen atoms in total. The molecule has 0 bridgehead atoms. The second-order valence-electron chi connectivity index (χ2n) is 6.99. The number of benzene rings is 1. The zero-order valence-electron chi connectivity index (χ0n) is 16.8. The van der Waals surface area contributed by atoms with E-state index >= 15 is 0 Å². The zero-order chi connectivity index (χ0) is 21.0. The first-order valence-corrected chi connectivity index (χ1v) is 11.0. The summed E-state index contributed by atoms with van der Waals surface area (Å²) in [6.07, 6.45) is 6.08. The summed E-state index contributed by atoms with van der Waals surface area (Å²) in [7, 11) is -3.14. The number of unbranched alkanes of at least 4 members (excludes halogenated alkanes) is 3. The molecule has 1 aromatic carbocycles. The minimum Gasteiger partial charge on any atom is -0.493 e. The van der Waals surface area contributed by atoms with E-state index in [9.17, 15) is 9.36 Å². The van der Waals surface area contributed by atoms with Crippen LogP contribution >= 0.6 is 7.82 Å². The molecule has 0 saturated heterocycles. The third-order valence-corrected chi connectivity index (χ3v) is 4.53. The highest BCUT2D eigenvalue weighted by molar-refractivity contribution is 7.46. The summed E-state index contributed by atoms with van der Waals surface area (Å²) in [6, 6.07) is 5.03. The Morgan fingerprint density at radius 3 is 2.50 bits per heavy atom. The molecule has 1 rings (SSSR count). The summed E-state index contributed by atoms with van der Waals surface area (Å²) < 4.78 is 25.3. The average molecular weight is 417 g/mol. The minimum atomic E-state index is -4.59. The fraction of sp³-hybridized carbons (Fsp3) is 0.632. The molecule has 0 aliphatic heterocycles. The molecule has 0 aliphatic carbocycles. The molecule has 0 heterocycles. The standard InChI is InChI=1S/C19H32NO7P/c1-15(2)8-6-4-5-7-9-19(21)20-13-16-10-11-17(18(12-16)25-3)26-14-27-28(22,23)24/h10-12,15H,4-9,13-14H2,1-3H3,(H,20,21)(H2,22,23,24). The molecule has 3 N–H and O–H groups in total. The number of hydrogen-bond donors (Lipinski definition) is 3. The molecule has 160 valence electrons. The second kappa shape index (κ2) is 12.8. The van der Waals surface area contributed by atoms with Crippen LogP contribution in [0.2, 0.25) is 0 Å². The van der Waals surface area contributed by atoms with Gasteiger partial charge >= 0.3 is 7.82 Å². The zero-order valence-corrected chi connectivity index (χ0v) is 17.7. The van der Waals surface area contributed by atoms with Crippen LogP contribution in [0.5, 0.6) is 11.5 Å². The van der Waals surface area contributed by atoms with E-state index in [1.807, 2.05) is 0 Å². The Morgan fingerprint density at radius 2 is 1.86 bits per heavy atom. The van der Waals surface area contributed by atoms with E-state index in [0.29, 0.717) is 18.7 Å². The summed E-state index contributed by atoms with van der Waals surface area (Å²) in [6.45, 7) is 4.20. The van der Waals surface area contributed by atoms with Crippen molar-refractivity contribution in [1.29, 1.82) is 0 Å². The van der Waals surface area contributed by atoms with Crippen molar-refractivity contribution in [3.05, 3.63) is 23.8 Å². The van der Waals surface area contributed by atoms with E-state index < -0.39 is 14.6 Å². The molecule has 1 amide bonds. The van der Waals surface area contributed by atoms with Gasteiger partial charge in [0.25, 0.3) is 0 Å². The lowest BCUT2D eigenvalue weighted by Gasteiger charge is -2.13. The van der Waals surface area contributed by atoms with E-state index in [1.54, 1.807) is 18.2 Å². The van der Waals surface area contributed by atoms with Crippen LogP contribution in [0.1, 0.15) is 57.9 Å². The van der Waals surface area contributed by atoms with Gasteiger partial charge in [0.15, 0.2) is 11.5 Å². The van der Waals surface area contributed by atoms with Crippen molar-refractivity contribution < 1.29 is 33.1 Å². The molecule has 9 heteroatoms. The molecule has 0 spiro atoms. The number of phosphoric acid groups is 1. The van der Waals surface area contributed by atoms with Gasteiger partial charge < -0.3 is 24.6 Å². The van der Waals surface area contributed by atoms with Gasteiger partial charge in [-0.3, -0.25) is 4.79 Å². The van der Waals surface area contributed by atoms with Crippen LogP contribution < -0.4 is 14.8 Å². The van der Waals surface area contributed by atoms with Crippen molar-refractivity contribution in [2.24, 2.45) is 5.92 Å². The highest BCUT2D eigenvalue weighted by Gasteiger charge is 2.15. The van der Waals surface area contributed by atoms with Crippen LogP contribution in [0.15, 0.2) is 18.2 Å². The van der Waals surface area contributed by atoms with Crippen molar-refractivity contribution in [3.63, 3.8) is 0 Å². The number of rotatable bonds is 14. The molecule has 0 aliphatic rings. The Labute approximate surface area is 166 Å². The van der Waals surface area contributed by atoms with Gasteiger partial charge in [0.2, 0.25) is 12.7 Å². The number of carbonyl (C=O) groups excluding carboxylic acids is 1. The summed E-state index contributed by atoms with van der Waals surface area (Å²) in [5.74, 6) is 1.41. The van der Waals surface area contributed by atoms with Gasteiger partial charge in [-0.25, -0.2) is 9.09 Å². The van der Waals surface area contributed by atoms with Gasteiger partial charge in [-0.2, -0.15) is 0 Å². The topological polar surface area (TPSA) is 114 Å². The quantitative estimate of drug-likeness (QED) is 0.240. The molecule has 0 radical (unpaired) electrons. The van der Waals surface area contributed by atoms with Gasteiger partial charge in [-0.15, -0.1) is 0 Å². The summed E-state index contributed by atoms with van der Waals surface area (Å²) in [4.78, 5) is 29.3. The number of methoxy groups -OCH3 is 1. The third kappa shape index (κ3) is 11.3. The summed E-state index contributed by atoms with van der Waals surface area (Å²) in [5, 5.41) is 2.88. The number of amides is 1. The van der Waals surface area contributed by atoms with E-state index in [1.165, 1.54) is 20.0 Å². The van der Waals surface area contributed by atoms with E-state index in [-0.39, 0.29) is 11.7 Å². The molecule has 0 fully saturated rings. The largest absolute Gasteiger partial charge is 0.493 e. The van der Waals surface area contributed by atoms with Crippen LogP contribution in [0.25, 0.3) is 0 Å². The van der Waals surface area contributed by atoms with Gasteiger partial charge in [0.05, 0.1) is 7.11 Å². The Kier molecular flexibility index (Phi) is 11.2. The Balaban J connectivity index is 2.35. The lowest BCUT2D eigenvalue weighted by Crippen LogP contribution is -2.22. The minimum absolute atomic E-state index is 0.0122. The van der Waals surface area contributed by atoms with Gasteiger partial charge in [-0.05, 0) is 30.0 Å². The summed E-state index contributed by atoms with van der Waals surface area (Å²) in [5.41, 5.74) is 0.824. The highest BCUT2D eigenvalue weighted by atomic mass is 31.2. The van der Waals surface area contributed by atoms with Gasteiger partial charge in [0.1, 0.15) is 0 Å². The second-order valence-corrected chi connectivity index (χ2v) is 8.23. The molecule has 28 heavy (non-hydrogen) atoms. The van der Waals surface area contributed by atoms with Crippen molar-refractivity contribution in [2.75, 3.05) is 13.9 Å². The predicted molar refractivity (Wildman–Crippen MR) is 106 cm³/mol. The average Bonchev–Trinajstić information content (AvgIpc) is 2.62. The van der Waals surface area contributed by atoms with Crippen molar-refractivity contribution in [1.82, 2.24) is 5.32 Å². The fourth-order valence-corrected chi connectivity index (χ4v) is 2.77. The Hall–Kier alpha value is -1.60. The van der Waals surface area contributed by atoms with E-state index in [0.717, 1.165) is 30.7 Å². The van der Waals surface area contributed by atoms with Gasteiger partial charge in [-0.1, -0.05) is 45.6 Å². The molecule has 0 atom stereocenters. The number of hydrogen-bond acceptors (Lipinski definition) is 5. The van der Waals surface area contributed by atoms with Crippen molar-refractivity contribution in [2.45, 2.75) is 58.9 Å². The molecule has 1 aromatic rings. The number of ether oxygens (including phenoxy) is 2. The molecule has 0 aromatic heterocycles. The van der Waals surface area contributed by atoms with E-state index in [2.05, 4.69) is 23.7 Å². The Bertz CT molecular complexity index is 645. The van der Waals surface area contributed by atoms with Gasteiger partial charge in [0, 0.05) is 13.0 Å². The maximum Gasteiger partial charge on any atom is 0.472 e. The lowest BCUT2D eigenvalue weighted by molar-refractivity contribution is -0.121. The predicted octanol–water partition coefficient (Wildman–Crippen LogP) is 3.75. The van der Waals surface area contributed by atoms with Crippen molar-refractivity contribution >= 4 is 13.7 Å². The normalized spacial score (nSPS) is 11.5. The number of carbonyl (C=O) groups is 1. The first-order chi connectivity index (χ1) is 13.2. The number of nitrogens with one attached hydrogen (secondary N) is 1. The molecule has 0 saturated carbocycles. The monoisotopic (exact) mass is 417 g/mol. The first-order valence-electron chi connectivity index (χ1n) is 9.47. The maximum absolute atomic E-state index is 12.0.